The van der Waals surface area contributed by atoms with Crippen LogP contribution >= 0.6 is 0 Å². The van der Waals surface area contributed by atoms with E-state index >= 15 is 0 Å². The van der Waals surface area contributed by atoms with Gasteiger partial charge in [-0.3, -0.25) is 9.59 Å². The number of benzene rings is 1. The summed E-state index contributed by atoms with van der Waals surface area (Å²) in [6.07, 6.45) is -5.00. The number of amides is 2. The molecule has 0 atom stereocenters. The number of anilines is 2. The number of piperazine rings is 1. The lowest BCUT2D eigenvalue weighted by atomic mass is 10.1. The first-order valence-corrected chi connectivity index (χ1v) is 6.94. The summed E-state index contributed by atoms with van der Waals surface area (Å²) in [4.78, 5) is 26.6. The number of hydrogen-bond acceptors (Lipinski definition) is 4. The Morgan fingerprint density at radius 1 is 1.17 bits per heavy atom. The SMILES string of the molecule is CN1CCN(c2ccc(NC(=O)C(F)(F)F)cc2C(N)=O)CC1. The average molecular weight is 330 g/mol. The molecule has 9 heteroatoms. The maximum atomic E-state index is 12.3. The van der Waals surface area contributed by atoms with Crippen LogP contribution in [0.1, 0.15) is 10.4 Å². The van der Waals surface area contributed by atoms with E-state index in [-0.39, 0.29) is 11.3 Å². The van der Waals surface area contributed by atoms with Gasteiger partial charge >= 0.3 is 12.1 Å². The molecule has 2 rings (SSSR count). The van der Waals surface area contributed by atoms with Crippen LogP contribution in [-0.2, 0) is 4.79 Å². The Labute approximate surface area is 131 Å². The smallest absolute Gasteiger partial charge is 0.368 e. The van der Waals surface area contributed by atoms with Crippen molar-refractivity contribution in [2.45, 2.75) is 6.18 Å². The van der Waals surface area contributed by atoms with Gasteiger partial charge in [0.15, 0.2) is 0 Å². The Morgan fingerprint density at radius 3 is 2.30 bits per heavy atom. The van der Waals surface area contributed by atoms with Gasteiger partial charge in [-0.15, -0.1) is 0 Å². The first kappa shape index (κ1) is 17.1. The quantitative estimate of drug-likeness (QED) is 0.868. The van der Waals surface area contributed by atoms with E-state index in [9.17, 15) is 22.8 Å². The minimum atomic E-state index is -5.00. The molecule has 1 aliphatic heterocycles. The fourth-order valence-electron chi connectivity index (χ4n) is 2.34. The van der Waals surface area contributed by atoms with Gasteiger partial charge in [0.1, 0.15) is 0 Å². The molecule has 23 heavy (non-hydrogen) atoms. The van der Waals surface area contributed by atoms with Gasteiger partial charge in [-0.25, -0.2) is 0 Å². The minimum absolute atomic E-state index is 0.0783. The number of nitrogens with zero attached hydrogens (tertiary/aromatic N) is 2. The molecule has 2 amide bonds. The number of alkyl halides is 3. The minimum Gasteiger partial charge on any atom is -0.368 e. The van der Waals surface area contributed by atoms with Gasteiger partial charge in [0.25, 0.3) is 5.91 Å². The van der Waals surface area contributed by atoms with E-state index in [2.05, 4.69) is 4.90 Å². The molecule has 126 valence electrons. The molecule has 1 aliphatic rings. The number of nitrogens with one attached hydrogen (secondary N) is 1. The summed E-state index contributed by atoms with van der Waals surface area (Å²) in [6, 6.07) is 3.99. The van der Waals surface area contributed by atoms with Crippen LogP contribution in [0.3, 0.4) is 0 Å². The van der Waals surface area contributed by atoms with E-state index < -0.39 is 18.0 Å². The number of halogens is 3. The molecule has 1 saturated heterocycles. The van der Waals surface area contributed by atoms with Crippen molar-refractivity contribution in [2.24, 2.45) is 5.73 Å². The second-order valence-electron chi connectivity index (χ2n) is 5.34. The number of carbonyl (C=O) groups is 2. The summed E-state index contributed by atoms with van der Waals surface area (Å²) in [5.74, 6) is -2.86. The number of rotatable bonds is 3. The van der Waals surface area contributed by atoms with E-state index in [0.29, 0.717) is 18.8 Å². The third kappa shape index (κ3) is 4.13. The van der Waals surface area contributed by atoms with Gasteiger partial charge in [0.2, 0.25) is 0 Å². The molecule has 0 bridgehead atoms. The van der Waals surface area contributed by atoms with Crippen LogP contribution in [0.15, 0.2) is 18.2 Å². The Kier molecular flexibility index (Phi) is 4.79. The van der Waals surface area contributed by atoms with Gasteiger partial charge < -0.3 is 20.9 Å². The molecular weight excluding hydrogens is 313 g/mol. The zero-order valence-corrected chi connectivity index (χ0v) is 12.5. The lowest BCUT2D eigenvalue weighted by Crippen LogP contribution is -2.45. The van der Waals surface area contributed by atoms with E-state index in [4.69, 9.17) is 5.73 Å². The highest BCUT2D eigenvalue weighted by Gasteiger charge is 2.38. The number of hydrogen-bond donors (Lipinski definition) is 2. The lowest BCUT2D eigenvalue weighted by Gasteiger charge is -2.35. The Morgan fingerprint density at radius 2 is 1.78 bits per heavy atom. The third-order valence-electron chi connectivity index (χ3n) is 3.62. The molecule has 0 aliphatic carbocycles. The summed E-state index contributed by atoms with van der Waals surface area (Å²) >= 11 is 0. The molecule has 1 aromatic rings. The van der Waals surface area contributed by atoms with Gasteiger partial charge in [0, 0.05) is 37.6 Å². The first-order chi connectivity index (χ1) is 10.7. The molecule has 3 N–H and O–H groups in total. The summed E-state index contributed by atoms with van der Waals surface area (Å²) in [5, 5.41) is 1.72. The van der Waals surface area contributed by atoms with Crippen molar-refractivity contribution < 1.29 is 22.8 Å². The molecule has 1 aromatic carbocycles. The van der Waals surface area contributed by atoms with E-state index in [1.807, 2.05) is 11.9 Å². The van der Waals surface area contributed by atoms with Crippen molar-refractivity contribution in [1.82, 2.24) is 4.90 Å². The topological polar surface area (TPSA) is 78.7 Å². The second-order valence-corrected chi connectivity index (χ2v) is 5.34. The molecule has 0 saturated carbocycles. The van der Waals surface area contributed by atoms with Crippen molar-refractivity contribution in [3.63, 3.8) is 0 Å². The molecule has 6 nitrogen and oxygen atoms in total. The molecule has 0 spiro atoms. The predicted octanol–water partition coefficient (Wildman–Crippen LogP) is 1.04. The van der Waals surface area contributed by atoms with Crippen LogP contribution in [-0.4, -0.2) is 56.1 Å². The molecule has 0 unspecified atom stereocenters. The van der Waals surface area contributed by atoms with Crippen LogP contribution in [0.5, 0.6) is 0 Å². The normalized spacial score (nSPS) is 16.3. The Balaban J connectivity index is 2.25. The molecule has 0 aromatic heterocycles. The largest absolute Gasteiger partial charge is 0.471 e. The average Bonchev–Trinajstić information content (AvgIpc) is 2.47. The van der Waals surface area contributed by atoms with Crippen molar-refractivity contribution in [2.75, 3.05) is 43.4 Å². The van der Waals surface area contributed by atoms with Crippen molar-refractivity contribution in [3.8, 4) is 0 Å². The zero-order chi connectivity index (χ0) is 17.2. The molecule has 1 heterocycles. The summed E-state index contributed by atoms with van der Waals surface area (Å²) in [6.45, 7) is 2.94. The highest BCUT2D eigenvalue weighted by atomic mass is 19.4. The van der Waals surface area contributed by atoms with Gasteiger partial charge in [-0.1, -0.05) is 0 Å². The van der Waals surface area contributed by atoms with Crippen LogP contribution in [0.2, 0.25) is 0 Å². The Bertz CT molecular complexity index is 611. The summed E-state index contributed by atoms with van der Waals surface area (Å²) in [7, 11) is 1.97. The summed E-state index contributed by atoms with van der Waals surface area (Å²) < 4.78 is 36.9. The fraction of sp³-hybridized carbons (Fsp3) is 0.429. The summed E-state index contributed by atoms with van der Waals surface area (Å²) in [5.41, 5.74) is 5.83. The molecular formula is C14H17F3N4O2. The van der Waals surface area contributed by atoms with Gasteiger partial charge in [-0.2, -0.15) is 13.2 Å². The monoisotopic (exact) mass is 330 g/mol. The zero-order valence-electron chi connectivity index (χ0n) is 12.5. The van der Waals surface area contributed by atoms with E-state index in [0.717, 1.165) is 13.1 Å². The fourth-order valence-corrected chi connectivity index (χ4v) is 2.34. The first-order valence-electron chi connectivity index (χ1n) is 6.94. The number of likely N-dealkylation sites (N-methyl/N-ethyl adjacent to an activating group) is 1. The van der Waals surface area contributed by atoms with Gasteiger partial charge in [0.05, 0.1) is 5.56 Å². The van der Waals surface area contributed by atoms with Crippen LogP contribution < -0.4 is 16.0 Å². The number of carbonyl (C=O) groups excluding carboxylic acids is 2. The standard InChI is InChI=1S/C14H17F3N4O2/c1-20-4-6-21(7-5-20)11-3-2-9(8-10(11)12(18)22)19-13(23)14(15,16)17/h2-3,8H,4-7H2,1H3,(H2,18,22)(H,19,23). The van der Waals surface area contributed by atoms with Gasteiger partial charge in [-0.05, 0) is 25.2 Å². The lowest BCUT2D eigenvalue weighted by molar-refractivity contribution is -0.167. The molecule has 0 radical (unpaired) electrons. The van der Waals surface area contributed by atoms with Crippen LogP contribution in [0.4, 0.5) is 24.5 Å². The number of nitrogens with two attached hydrogens (primary N) is 1. The highest BCUT2D eigenvalue weighted by molar-refractivity contribution is 6.01. The van der Waals surface area contributed by atoms with Crippen LogP contribution in [0, 0.1) is 0 Å². The van der Waals surface area contributed by atoms with Crippen molar-refractivity contribution >= 4 is 23.2 Å². The third-order valence-corrected chi connectivity index (χ3v) is 3.62. The second kappa shape index (κ2) is 6.45. The number of primary amides is 1. The predicted molar refractivity (Wildman–Crippen MR) is 79.4 cm³/mol. The van der Waals surface area contributed by atoms with Crippen molar-refractivity contribution in [1.29, 1.82) is 0 Å². The molecule has 1 fully saturated rings. The Hall–Kier alpha value is -2.29. The van der Waals surface area contributed by atoms with Crippen molar-refractivity contribution in [3.05, 3.63) is 23.8 Å². The van der Waals surface area contributed by atoms with E-state index in [1.165, 1.54) is 18.2 Å². The van der Waals surface area contributed by atoms with E-state index in [1.54, 1.807) is 5.32 Å². The maximum Gasteiger partial charge on any atom is 0.471 e. The van der Waals surface area contributed by atoms with Crippen LogP contribution in [0.25, 0.3) is 0 Å². The highest BCUT2D eigenvalue weighted by Crippen LogP contribution is 2.26. The maximum absolute atomic E-state index is 12.3.